The molecule has 0 bridgehead atoms. The molecule has 3 heterocycles. The third kappa shape index (κ3) is 3.40. The van der Waals surface area contributed by atoms with Gasteiger partial charge in [-0.15, -0.1) is 0 Å². The first kappa shape index (κ1) is 15.9. The van der Waals surface area contributed by atoms with Crippen molar-refractivity contribution in [2.24, 2.45) is 0 Å². The van der Waals surface area contributed by atoms with Gasteiger partial charge in [0.2, 0.25) is 0 Å². The van der Waals surface area contributed by atoms with Crippen LogP contribution in [0.1, 0.15) is 31.9 Å². The van der Waals surface area contributed by atoms with E-state index in [-0.39, 0.29) is 0 Å². The van der Waals surface area contributed by atoms with Crippen molar-refractivity contribution in [2.45, 2.75) is 38.8 Å². The minimum absolute atomic E-state index is 0.699. The number of nitrogens with zero attached hydrogens (tertiary/aromatic N) is 3. The predicted octanol–water partition coefficient (Wildman–Crippen LogP) is 3.30. The van der Waals surface area contributed by atoms with E-state index < -0.39 is 0 Å². The van der Waals surface area contributed by atoms with Crippen molar-refractivity contribution in [1.82, 2.24) is 14.8 Å². The number of pyridine rings is 1. The molecule has 2 aliphatic heterocycles. The van der Waals surface area contributed by atoms with Gasteiger partial charge in [0.25, 0.3) is 0 Å². The van der Waals surface area contributed by atoms with Gasteiger partial charge in [0.15, 0.2) is 0 Å². The molecule has 128 valence electrons. The van der Waals surface area contributed by atoms with Crippen molar-refractivity contribution in [3.8, 4) is 5.75 Å². The molecule has 1 aromatic heterocycles. The van der Waals surface area contributed by atoms with Gasteiger partial charge >= 0.3 is 0 Å². The van der Waals surface area contributed by atoms with E-state index >= 15 is 0 Å². The van der Waals surface area contributed by atoms with Gasteiger partial charge in [-0.3, -0.25) is 14.8 Å². The Kier molecular flexibility index (Phi) is 4.67. The van der Waals surface area contributed by atoms with Crippen LogP contribution in [0.25, 0.3) is 10.9 Å². The number of ether oxygens (including phenoxy) is 1. The number of benzene rings is 1. The Morgan fingerprint density at radius 2 is 2.04 bits per heavy atom. The van der Waals surface area contributed by atoms with Crippen LogP contribution in [-0.4, -0.2) is 53.6 Å². The first-order valence-electron chi connectivity index (χ1n) is 9.31. The summed E-state index contributed by atoms with van der Waals surface area (Å²) in [7, 11) is 0. The van der Waals surface area contributed by atoms with Crippen molar-refractivity contribution >= 4 is 10.9 Å². The van der Waals surface area contributed by atoms with Gasteiger partial charge in [-0.05, 0) is 70.1 Å². The molecule has 2 fully saturated rings. The Hall–Kier alpha value is -1.65. The average molecular weight is 325 g/mol. The molecule has 2 aromatic rings. The summed E-state index contributed by atoms with van der Waals surface area (Å²) >= 11 is 0. The van der Waals surface area contributed by atoms with Gasteiger partial charge in [-0.2, -0.15) is 0 Å². The van der Waals surface area contributed by atoms with Crippen molar-refractivity contribution in [3.05, 3.63) is 36.0 Å². The van der Waals surface area contributed by atoms with Crippen LogP contribution < -0.4 is 4.74 Å². The fourth-order valence-corrected chi connectivity index (χ4v) is 4.15. The van der Waals surface area contributed by atoms with Gasteiger partial charge < -0.3 is 4.74 Å². The summed E-state index contributed by atoms with van der Waals surface area (Å²) < 4.78 is 5.58. The third-order valence-electron chi connectivity index (χ3n) is 5.30. The van der Waals surface area contributed by atoms with Crippen molar-refractivity contribution in [2.75, 3.05) is 32.8 Å². The molecule has 0 amide bonds. The van der Waals surface area contributed by atoms with Crippen LogP contribution in [0.15, 0.2) is 30.3 Å². The van der Waals surface area contributed by atoms with Crippen LogP contribution in [0.2, 0.25) is 0 Å². The Balaban J connectivity index is 1.48. The molecule has 0 radical (unpaired) electrons. The molecular weight excluding hydrogens is 298 g/mol. The summed E-state index contributed by atoms with van der Waals surface area (Å²) in [5.74, 6) is 0.924. The molecule has 4 heteroatoms. The summed E-state index contributed by atoms with van der Waals surface area (Å²) in [6.45, 7) is 8.64. The van der Waals surface area contributed by atoms with Crippen LogP contribution in [-0.2, 0) is 6.54 Å². The molecule has 2 saturated heterocycles. The Bertz CT molecular complexity index is 702. The molecule has 0 spiro atoms. The van der Waals surface area contributed by atoms with Crippen molar-refractivity contribution in [3.63, 3.8) is 0 Å². The molecule has 24 heavy (non-hydrogen) atoms. The van der Waals surface area contributed by atoms with Gasteiger partial charge in [0.05, 0.1) is 17.8 Å². The summed E-state index contributed by atoms with van der Waals surface area (Å²) in [6.07, 6.45) is 4.01. The van der Waals surface area contributed by atoms with E-state index in [9.17, 15) is 0 Å². The molecule has 1 aromatic carbocycles. The minimum atomic E-state index is 0.699. The molecule has 4 rings (SSSR count). The van der Waals surface area contributed by atoms with Crippen LogP contribution in [0.4, 0.5) is 0 Å². The summed E-state index contributed by atoms with van der Waals surface area (Å²) in [5, 5.41) is 1.16. The quantitative estimate of drug-likeness (QED) is 0.862. The second kappa shape index (κ2) is 7.08. The van der Waals surface area contributed by atoms with Crippen molar-refractivity contribution < 1.29 is 4.74 Å². The van der Waals surface area contributed by atoms with Gasteiger partial charge in [0, 0.05) is 24.5 Å². The fraction of sp³-hybridized carbons (Fsp3) is 0.550. The summed E-state index contributed by atoms with van der Waals surface area (Å²) in [6, 6.07) is 11.3. The van der Waals surface area contributed by atoms with Gasteiger partial charge in [-0.1, -0.05) is 6.07 Å². The maximum atomic E-state index is 5.58. The van der Waals surface area contributed by atoms with Gasteiger partial charge in [0.1, 0.15) is 5.75 Å². The van der Waals surface area contributed by atoms with Gasteiger partial charge in [-0.25, -0.2) is 0 Å². The second-order valence-corrected chi connectivity index (χ2v) is 7.01. The van der Waals surface area contributed by atoms with Crippen LogP contribution >= 0.6 is 0 Å². The first-order chi connectivity index (χ1) is 11.8. The van der Waals surface area contributed by atoms with E-state index in [0.29, 0.717) is 6.61 Å². The number of hydrogen-bond acceptors (Lipinski definition) is 4. The van der Waals surface area contributed by atoms with Crippen LogP contribution in [0.5, 0.6) is 5.75 Å². The normalized spacial score (nSPS) is 22.5. The zero-order valence-corrected chi connectivity index (χ0v) is 14.6. The Morgan fingerprint density at radius 3 is 2.96 bits per heavy atom. The highest BCUT2D eigenvalue weighted by Crippen LogP contribution is 2.23. The smallest absolute Gasteiger partial charge is 0.120 e. The highest BCUT2D eigenvalue weighted by atomic mass is 16.5. The standard InChI is InChI=1S/C20H27N3O/c1-2-24-19-8-9-20-16(13-19)6-7-17(21-20)14-22-10-4-12-23-11-3-5-18(23)15-22/h6-9,13,18H,2-5,10-12,14-15H2,1H3/t18-/m0/s1. The summed E-state index contributed by atoms with van der Waals surface area (Å²) in [4.78, 5) is 10.2. The third-order valence-corrected chi connectivity index (χ3v) is 5.30. The number of rotatable bonds is 4. The molecule has 0 saturated carbocycles. The highest BCUT2D eigenvalue weighted by molar-refractivity contribution is 5.80. The largest absolute Gasteiger partial charge is 0.494 e. The Labute approximate surface area is 144 Å². The molecule has 0 N–H and O–H groups in total. The fourth-order valence-electron chi connectivity index (χ4n) is 4.15. The number of aromatic nitrogens is 1. The lowest BCUT2D eigenvalue weighted by Crippen LogP contribution is -2.36. The molecule has 0 aliphatic carbocycles. The lowest BCUT2D eigenvalue weighted by Gasteiger charge is -2.25. The predicted molar refractivity (Wildman–Crippen MR) is 97.4 cm³/mol. The van der Waals surface area contributed by atoms with Crippen LogP contribution in [0.3, 0.4) is 0 Å². The van der Waals surface area contributed by atoms with E-state index in [1.807, 2.05) is 13.0 Å². The molecule has 4 nitrogen and oxygen atoms in total. The minimum Gasteiger partial charge on any atom is -0.494 e. The summed E-state index contributed by atoms with van der Waals surface area (Å²) in [5.41, 5.74) is 2.24. The van der Waals surface area contributed by atoms with Crippen LogP contribution in [0, 0.1) is 0 Å². The van der Waals surface area contributed by atoms with E-state index in [4.69, 9.17) is 9.72 Å². The molecular formula is C20H27N3O. The second-order valence-electron chi connectivity index (χ2n) is 7.01. The first-order valence-corrected chi connectivity index (χ1v) is 9.31. The maximum absolute atomic E-state index is 5.58. The Morgan fingerprint density at radius 1 is 1.12 bits per heavy atom. The SMILES string of the molecule is CCOc1ccc2nc(CN3CCCN4CCC[C@H]4C3)ccc2c1. The van der Waals surface area contributed by atoms with E-state index in [1.54, 1.807) is 0 Å². The number of hydrogen-bond donors (Lipinski definition) is 0. The molecule has 2 aliphatic rings. The highest BCUT2D eigenvalue weighted by Gasteiger charge is 2.28. The zero-order chi connectivity index (χ0) is 16.4. The van der Waals surface area contributed by atoms with Crippen molar-refractivity contribution in [1.29, 1.82) is 0 Å². The lowest BCUT2D eigenvalue weighted by molar-refractivity contribution is 0.214. The lowest BCUT2D eigenvalue weighted by atomic mass is 10.1. The van der Waals surface area contributed by atoms with E-state index in [1.165, 1.54) is 51.1 Å². The average Bonchev–Trinajstić information content (AvgIpc) is 2.94. The monoisotopic (exact) mass is 325 g/mol. The molecule has 1 atom stereocenters. The van der Waals surface area contributed by atoms with E-state index in [2.05, 4.69) is 34.1 Å². The number of fused-ring (bicyclic) bond motifs is 2. The maximum Gasteiger partial charge on any atom is 0.120 e. The van der Waals surface area contributed by atoms with E-state index in [0.717, 1.165) is 29.2 Å². The topological polar surface area (TPSA) is 28.6 Å². The zero-order valence-electron chi connectivity index (χ0n) is 14.6. The molecule has 0 unspecified atom stereocenters.